The first-order chi connectivity index (χ1) is 18.5. The molecule has 8 heteroatoms. The molecule has 0 saturated carbocycles. The molecule has 2 aliphatic heterocycles. The number of para-hydroxylation sites is 1. The molecule has 1 amide bonds. The van der Waals surface area contributed by atoms with Crippen LogP contribution < -0.4 is 16.4 Å². The van der Waals surface area contributed by atoms with E-state index >= 15 is 0 Å². The van der Waals surface area contributed by atoms with E-state index < -0.39 is 12.3 Å². The number of nitrogens with one attached hydrogen (secondary N) is 2. The predicted molar refractivity (Wildman–Crippen MR) is 152 cm³/mol. The zero-order chi connectivity index (χ0) is 26.5. The van der Waals surface area contributed by atoms with E-state index in [1.54, 1.807) is 11.8 Å². The molecule has 198 valence electrons. The van der Waals surface area contributed by atoms with Gasteiger partial charge in [-0.25, -0.2) is 0 Å². The topological polar surface area (TPSA) is 98.0 Å². The highest BCUT2D eigenvalue weighted by Crippen LogP contribution is 2.44. The fraction of sp³-hybridized carbons (Fsp3) is 0.333. The van der Waals surface area contributed by atoms with Crippen molar-refractivity contribution in [3.05, 3.63) is 83.9 Å². The SMILES string of the molecule is CC(C)C[C@H](N=C(N)c1ccc2c(c1)Nc1ccccc1S2)C(=O)N[C@H]1CCOC1OCc1ccccc1. The van der Waals surface area contributed by atoms with Gasteiger partial charge in [0, 0.05) is 15.4 Å². The van der Waals surface area contributed by atoms with Crippen molar-refractivity contribution in [1.82, 2.24) is 5.32 Å². The minimum atomic E-state index is -0.607. The van der Waals surface area contributed by atoms with Crippen molar-refractivity contribution in [2.24, 2.45) is 16.6 Å². The number of hydrogen-bond donors (Lipinski definition) is 3. The largest absolute Gasteiger partial charge is 0.383 e. The highest BCUT2D eigenvalue weighted by Gasteiger charge is 2.32. The van der Waals surface area contributed by atoms with Crippen molar-refractivity contribution < 1.29 is 14.3 Å². The fourth-order valence-corrected chi connectivity index (χ4v) is 5.57. The number of ether oxygens (including phenoxy) is 2. The molecule has 1 unspecified atom stereocenters. The normalized spacial score (nSPS) is 19.4. The lowest BCUT2D eigenvalue weighted by Gasteiger charge is -2.23. The van der Waals surface area contributed by atoms with Gasteiger partial charge in [0.25, 0.3) is 0 Å². The summed E-state index contributed by atoms with van der Waals surface area (Å²) in [5.41, 5.74) is 10.4. The van der Waals surface area contributed by atoms with Gasteiger partial charge < -0.3 is 25.8 Å². The summed E-state index contributed by atoms with van der Waals surface area (Å²) in [6, 6.07) is 23.3. The van der Waals surface area contributed by atoms with Crippen LogP contribution in [-0.4, -0.2) is 36.7 Å². The van der Waals surface area contributed by atoms with Crippen LogP contribution in [0.4, 0.5) is 11.4 Å². The van der Waals surface area contributed by atoms with Gasteiger partial charge in [-0.1, -0.05) is 74.1 Å². The number of carbonyl (C=O) groups excluding carboxylic acids is 1. The number of fused-ring (bicyclic) bond motifs is 2. The van der Waals surface area contributed by atoms with Crippen molar-refractivity contribution in [1.29, 1.82) is 0 Å². The maximum absolute atomic E-state index is 13.4. The van der Waals surface area contributed by atoms with Crippen LogP contribution in [0.3, 0.4) is 0 Å². The van der Waals surface area contributed by atoms with Gasteiger partial charge >= 0.3 is 0 Å². The van der Waals surface area contributed by atoms with Crippen molar-refractivity contribution >= 4 is 34.9 Å². The van der Waals surface area contributed by atoms with E-state index in [0.717, 1.165) is 27.4 Å². The Morgan fingerprint density at radius 3 is 2.68 bits per heavy atom. The molecular formula is C30H34N4O3S. The van der Waals surface area contributed by atoms with Gasteiger partial charge in [0.15, 0.2) is 6.29 Å². The highest BCUT2D eigenvalue weighted by atomic mass is 32.2. The molecule has 4 N–H and O–H groups in total. The lowest BCUT2D eigenvalue weighted by molar-refractivity contribution is -0.139. The van der Waals surface area contributed by atoms with Crippen LogP contribution in [0.1, 0.15) is 37.8 Å². The maximum atomic E-state index is 13.4. The molecule has 7 nitrogen and oxygen atoms in total. The summed E-state index contributed by atoms with van der Waals surface area (Å²) in [5.74, 6) is 0.454. The Morgan fingerprint density at radius 2 is 1.87 bits per heavy atom. The number of nitrogens with zero attached hydrogens (tertiary/aromatic N) is 1. The highest BCUT2D eigenvalue weighted by molar-refractivity contribution is 7.99. The average Bonchev–Trinajstić information content (AvgIpc) is 3.37. The van der Waals surface area contributed by atoms with Crippen molar-refractivity contribution in [2.75, 3.05) is 11.9 Å². The Labute approximate surface area is 228 Å². The first-order valence-electron chi connectivity index (χ1n) is 13.1. The number of rotatable bonds is 9. The molecule has 38 heavy (non-hydrogen) atoms. The zero-order valence-corrected chi connectivity index (χ0v) is 22.5. The molecule has 3 atom stereocenters. The minimum absolute atomic E-state index is 0.161. The Hall–Kier alpha value is -3.33. The van der Waals surface area contributed by atoms with E-state index in [-0.39, 0.29) is 17.9 Å². The molecule has 1 saturated heterocycles. The van der Waals surface area contributed by atoms with Crippen LogP contribution in [0, 0.1) is 5.92 Å². The van der Waals surface area contributed by atoms with Gasteiger partial charge in [0.05, 0.1) is 30.6 Å². The Morgan fingerprint density at radius 1 is 1.11 bits per heavy atom. The quantitative estimate of drug-likeness (QED) is 0.196. The lowest BCUT2D eigenvalue weighted by Crippen LogP contribution is -2.46. The van der Waals surface area contributed by atoms with Gasteiger partial charge in [0.1, 0.15) is 11.9 Å². The van der Waals surface area contributed by atoms with Gasteiger partial charge in [-0.2, -0.15) is 0 Å². The molecule has 3 aromatic carbocycles. The third-order valence-electron chi connectivity index (χ3n) is 6.57. The van der Waals surface area contributed by atoms with Crippen LogP contribution in [0.15, 0.2) is 87.6 Å². The van der Waals surface area contributed by atoms with Gasteiger partial charge in [-0.05, 0) is 48.6 Å². The van der Waals surface area contributed by atoms with E-state index in [0.29, 0.717) is 31.9 Å². The molecule has 0 spiro atoms. The van der Waals surface area contributed by atoms with E-state index in [1.807, 2.05) is 60.7 Å². The Balaban J connectivity index is 1.27. The molecule has 3 aromatic rings. The second kappa shape index (κ2) is 12.0. The van der Waals surface area contributed by atoms with E-state index in [2.05, 4.69) is 36.6 Å². The summed E-state index contributed by atoms with van der Waals surface area (Å²) in [6.45, 7) is 5.11. The van der Waals surface area contributed by atoms with Crippen LogP contribution in [0.2, 0.25) is 0 Å². The number of aliphatic imine (C=N–C) groups is 1. The summed E-state index contributed by atoms with van der Waals surface area (Å²) >= 11 is 1.72. The third-order valence-corrected chi connectivity index (χ3v) is 7.72. The summed E-state index contributed by atoms with van der Waals surface area (Å²) < 4.78 is 11.8. The van der Waals surface area contributed by atoms with Crippen molar-refractivity contribution in [3.8, 4) is 0 Å². The summed E-state index contributed by atoms with van der Waals surface area (Å²) in [7, 11) is 0. The van der Waals surface area contributed by atoms with E-state index in [9.17, 15) is 4.79 Å². The number of amidine groups is 1. The summed E-state index contributed by atoms with van der Waals surface area (Å²) in [4.78, 5) is 20.4. The lowest BCUT2D eigenvalue weighted by atomic mass is 10.0. The Bertz CT molecular complexity index is 1300. The zero-order valence-electron chi connectivity index (χ0n) is 21.7. The maximum Gasteiger partial charge on any atom is 0.245 e. The van der Waals surface area contributed by atoms with Crippen LogP contribution >= 0.6 is 11.8 Å². The predicted octanol–water partition coefficient (Wildman–Crippen LogP) is 5.46. The summed E-state index contributed by atoms with van der Waals surface area (Å²) in [5, 5.41) is 6.60. The molecule has 0 aliphatic carbocycles. The van der Waals surface area contributed by atoms with Crippen LogP contribution in [-0.2, 0) is 20.9 Å². The van der Waals surface area contributed by atoms with Gasteiger partial charge in [-0.3, -0.25) is 9.79 Å². The van der Waals surface area contributed by atoms with Gasteiger partial charge in [0.2, 0.25) is 5.91 Å². The number of benzene rings is 3. The first kappa shape index (κ1) is 26.3. The van der Waals surface area contributed by atoms with E-state index in [4.69, 9.17) is 20.2 Å². The molecule has 5 rings (SSSR count). The van der Waals surface area contributed by atoms with Crippen molar-refractivity contribution in [2.45, 2.75) is 61.5 Å². The molecule has 0 aromatic heterocycles. The van der Waals surface area contributed by atoms with Gasteiger partial charge in [-0.15, -0.1) is 0 Å². The minimum Gasteiger partial charge on any atom is -0.383 e. The third kappa shape index (κ3) is 6.38. The van der Waals surface area contributed by atoms with E-state index in [1.165, 1.54) is 4.90 Å². The number of amides is 1. The van der Waals surface area contributed by atoms with Crippen molar-refractivity contribution in [3.63, 3.8) is 0 Å². The first-order valence-corrected chi connectivity index (χ1v) is 13.9. The number of hydrogen-bond acceptors (Lipinski definition) is 6. The number of carbonyl (C=O) groups is 1. The average molecular weight is 531 g/mol. The van der Waals surface area contributed by atoms with Crippen LogP contribution in [0.5, 0.6) is 0 Å². The second-order valence-corrected chi connectivity index (χ2v) is 11.1. The monoisotopic (exact) mass is 530 g/mol. The molecular weight excluding hydrogens is 496 g/mol. The molecule has 1 fully saturated rings. The summed E-state index contributed by atoms with van der Waals surface area (Å²) in [6.07, 6.45) is 0.781. The second-order valence-electron chi connectivity index (χ2n) is 10.0. The standard InChI is InChI=1S/C30H34N4O3S/c1-19(2)16-25(29(35)34-23-14-15-36-30(23)37-18-20-8-4-3-5-9-20)33-28(31)21-12-13-27-24(17-21)32-22-10-6-7-11-26(22)38-27/h3-13,17,19,23,25,30,32H,14-16,18H2,1-2H3,(H2,31,33)(H,34,35)/t23-,25-,30?/m0/s1. The molecule has 0 bridgehead atoms. The van der Waals surface area contributed by atoms with Crippen LogP contribution in [0.25, 0.3) is 0 Å². The number of nitrogens with two attached hydrogens (primary N) is 1. The molecule has 2 aliphatic rings. The number of anilines is 2. The molecule has 2 heterocycles. The fourth-order valence-electron chi connectivity index (χ4n) is 4.61. The molecule has 0 radical (unpaired) electrons. The Kier molecular flexibility index (Phi) is 8.32. The smallest absolute Gasteiger partial charge is 0.245 e.